The Morgan fingerprint density at radius 3 is 2.17 bits per heavy atom. The second-order valence-corrected chi connectivity index (χ2v) is 10.3. The van der Waals surface area contributed by atoms with Gasteiger partial charge in [-0.05, 0) is 33.6 Å². The average Bonchev–Trinajstić information content (AvgIpc) is 3.26. The van der Waals surface area contributed by atoms with Gasteiger partial charge in [-0.25, -0.2) is 4.89 Å². The minimum Gasteiger partial charge on any atom is -0.379 e. The van der Waals surface area contributed by atoms with E-state index in [0.717, 1.165) is 37.1 Å². The van der Waals surface area contributed by atoms with Gasteiger partial charge in [0.1, 0.15) is 0 Å². The molecule has 1 unspecified atom stereocenters. The van der Waals surface area contributed by atoms with E-state index in [1.165, 1.54) is 26.4 Å². The van der Waals surface area contributed by atoms with E-state index >= 15 is 0 Å². The Labute approximate surface area is 239 Å². The van der Waals surface area contributed by atoms with Gasteiger partial charge in [0, 0.05) is 58.3 Å². The van der Waals surface area contributed by atoms with Crippen LogP contribution in [0.4, 0.5) is 0 Å². The largest absolute Gasteiger partial charge is 0.379 e. The van der Waals surface area contributed by atoms with Gasteiger partial charge in [0.15, 0.2) is 0 Å². The van der Waals surface area contributed by atoms with Crippen LogP contribution in [0.25, 0.3) is 0 Å². The highest BCUT2D eigenvalue weighted by molar-refractivity contribution is 7.41. The smallest absolute Gasteiger partial charge is 0.362 e. The van der Waals surface area contributed by atoms with Crippen LogP contribution in [0.2, 0.25) is 0 Å². The zero-order valence-corrected chi connectivity index (χ0v) is 25.7. The van der Waals surface area contributed by atoms with Crippen LogP contribution in [0.15, 0.2) is 12.2 Å². The molecule has 4 amide bonds. The number of imide groups is 1. The Kier molecular flexibility index (Phi) is 22.5. The van der Waals surface area contributed by atoms with Crippen LogP contribution in [0, 0.1) is 0 Å². The monoisotopic (exact) mass is 593 g/mol. The maximum absolute atomic E-state index is 11.6. The molecule has 0 aromatic carbocycles. The number of ether oxygens (including phenoxy) is 2. The van der Waals surface area contributed by atoms with E-state index in [1.54, 1.807) is 0 Å². The Morgan fingerprint density at radius 1 is 0.925 bits per heavy atom. The third-order valence-electron chi connectivity index (χ3n) is 5.23. The molecular weight excluding hydrogens is 545 g/mol. The molecule has 2 N–H and O–H groups in total. The van der Waals surface area contributed by atoms with Crippen LogP contribution in [0.5, 0.6) is 0 Å². The summed E-state index contributed by atoms with van der Waals surface area (Å²) in [5, 5.41) is 5.53. The second kappa shape index (κ2) is 23.7. The molecule has 0 bridgehead atoms. The average molecular weight is 594 g/mol. The fourth-order valence-electron chi connectivity index (χ4n) is 3.10. The van der Waals surface area contributed by atoms with Crippen LogP contribution in [0.1, 0.15) is 66.2 Å². The van der Waals surface area contributed by atoms with Gasteiger partial charge in [0.05, 0.1) is 32.5 Å². The molecule has 0 saturated carbocycles. The maximum Gasteiger partial charge on any atom is 0.362 e. The fourth-order valence-corrected chi connectivity index (χ4v) is 3.71. The number of rotatable bonds is 22. The quantitative estimate of drug-likeness (QED) is 0.0630. The molecule has 0 aromatic rings. The first kappa shape index (κ1) is 38.0. The highest BCUT2D eigenvalue weighted by Crippen LogP contribution is 2.38. The van der Waals surface area contributed by atoms with Gasteiger partial charge < -0.3 is 29.2 Å². The van der Waals surface area contributed by atoms with Crippen molar-refractivity contribution in [1.82, 2.24) is 15.5 Å². The summed E-state index contributed by atoms with van der Waals surface area (Å²) in [6.07, 6.45) is 7.11. The molecule has 1 heterocycles. The molecule has 0 fully saturated rings. The predicted molar refractivity (Wildman–Crippen MR) is 150 cm³/mol. The van der Waals surface area contributed by atoms with E-state index in [2.05, 4.69) is 15.5 Å². The highest BCUT2D eigenvalue weighted by atomic mass is 31.2. The number of nitrogens with zero attached hydrogens (tertiary/aromatic N) is 1. The van der Waals surface area contributed by atoms with Gasteiger partial charge in [-0.3, -0.25) is 24.1 Å². The summed E-state index contributed by atoms with van der Waals surface area (Å²) in [6, 6.07) is 0. The Bertz CT molecular complexity index is 749. The first-order chi connectivity index (χ1) is 19.1. The Hall–Kier alpha value is -1.99. The molecular formula is C26H48N3O10P. The molecule has 14 heteroatoms. The standard InChI is InChI=1S/C15H24N2O5.C11H24NO5P/c1-4-21-11-15(2,3)22-10-8-16-12(18)7-9-17-13(19)5-6-14(17)20;1-4-11(13)12-9-7-5-6-8-10-16-18(15-3)17-14-2/h5-6H,4,7-11H2,1-3H3,(H,16,18);4-10H2,1-3H3,(H,12,13). The van der Waals surface area contributed by atoms with Gasteiger partial charge in [0.2, 0.25) is 11.8 Å². The van der Waals surface area contributed by atoms with E-state index in [-0.39, 0.29) is 36.6 Å². The zero-order chi connectivity index (χ0) is 30.2. The molecule has 1 aliphatic heterocycles. The molecule has 0 saturated heterocycles. The van der Waals surface area contributed by atoms with Crippen molar-refractivity contribution in [3.05, 3.63) is 12.2 Å². The number of hydrogen-bond acceptors (Lipinski definition) is 10. The van der Waals surface area contributed by atoms with Crippen LogP contribution in [0.3, 0.4) is 0 Å². The normalized spacial score (nSPS) is 13.7. The number of amides is 4. The first-order valence-electron chi connectivity index (χ1n) is 13.6. The van der Waals surface area contributed by atoms with Crippen molar-refractivity contribution >= 4 is 32.2 Å². The molecule has 1 rings (SSSR count). The summed E-state index contributed by atoms with van der Waals surface area (Å²) in [5.41, 5.74) is -0.402. The lowest BCUT2D eigenvalue weighted by Gasteiger charge is -2.25. The number of nitrogens with one attached hydrogen (secondary N) is 2. The molecule has 40 heavy (non-hydrogen) atoms. The van der Waals surface area contributed by atoms with Crippen molar-refractivity contribution in [1.29, 1.82) is 0 Å². The SMILES string of the molecule is CCC(=O)NCCCCCCOP(OC)OOC.CCOCC(C)(C)OCCNC(=O)CCN1C(=O)C=CC1=O. The van der Waals surface area contributed by atoms with Crippen molar-refractivity contribution in [2.24, 2.45) is 0 Å². The fraction of sp³-hybridized carbons (Fsp3) is 0.769. The highest BCUT2D eigenvalue weighted by Gasteiger charge is 2.23. The molecule has 232 valence electrons. The van der Waals surface area contributed by atoms with Crippen LogP contribution >= 0.6 is 8.60 Å². The predicted octanol–water partition coefficient (Wildman–Crippen LogP) is 2.79. The summed E-state index contributed by atoms with van der Waals surface area (Å²) in [6.45, 7) is 10.9. The molecule has 0 aromatic heterocycles. The van der Waals surface area contributed by atoms with Crippen molar-refractivity contribution in [3.63, 3.8) is 0 Å². The summed E-state index contributed by atoms with van der Waals surface area (Å²) in [4.78, 5) is 50.7. The summed E-state index contributed by atoms with van der Waals surface area (Å²) in [5.74, 6) is -0.864. The van der Waals surface area contributed by atoms with E-state index in [9.17, 15) is 19.2 Å². The van der Waals surface area contributed by atoms with Crippen molar-refractivity contribution in [3.8, 4) is 0 Å². The lowest BCUT2D eigenvalue weighted by Crippen LogP contribution is -2.37. The topological polar surface area (TPSA) is 151 Å². The molecule has 1 atom stereocenters. The minimum atomic E-state index is -1.38. The lowest BCUT2D eigenvalue weighted by atomic mass is 10.1. The molecule has 13 nitrogen and oxygen atoms in total. The lowest BCUT2D eigenvalue weighted by molar-refractivity contribution is -0.189. The van der Waals surface area contributed by atoms with E-state index in [1.807, 2.05) is 27.7 Å². The van der Waals surface area contributed by atoms with Gasteiger partial charge in [0.25, 0.3) is 11.8 Å². The van der Waals surface area contributed by atoms with Crippen molar-refractivity contribution < 1.29 is 47.3 Å². The van der Waals surface area contributed by atoms with E-state index in [4.69, 9.17) is 23.2 Å². The summed E-state index contributed by atoms with van der Waals surface area (Å²) >= 11 is 0. The van der Waals surface area contributed by atoms with Gasteiger partial charge in [-0.15, -0.1) is 0 Å². The number of carbonyl (C=O) groups excluding carboxylic acids is 4. The van der Waals surface area contributed by atoms with E-state index in [0.29, 0.717) is 39.4 Å². The Morgan fingerprint density at radius 2 is 1.57 bits per heavy atom. The molecule has 0 spiro atoms. The van der Waals surface area contributed by atoms with Crippen LogP contribution in [-0.2, 0) is 47.3 Å². The van der Waals surface area contributed by atoms with Crippen molar-refractivity contribution in [2.75, 3.05) is 60.3 Å². The van der Waals surface area contributed by atoms with Crippen molar-refractivity contribution in [2.45, 2.75) is 71.8 Å². The van der Waals surface area contributed by atoms with E-state index < -0.39 is 14.2 Å². The summed E-state index contributed by atoms with van der Waals surface area (Å²) in [7, 11) is 1.56. The van der Waals surface area contributed by atoms with Gasteiger partial charge >= 0.3 is 8.60 Å². The van der Waals surface area contributed by atoms with Crippen LogP contribution < -0.4 is 10.6 Å². The molecule has 1 aliphatic rings. The van der Waals surface area contributed by atoms with Gasteiger partial charge in [-0.1, -0.05) is 19.8 Å². The third-order valence-corrected chi connectivity index (χ3v) is 6.19. The number of carbonyl (C=O) groups is 4. The Balaban J connectivity index is 0.000000778. The number of hydrogen-bond donors (Lipinski definition) is 2. The third kappa shape index (κ3) is 20.0. The first-order valence-corrected chi connectivity index (χ1v) is 14.7. The zero-order valence-electron chi connectivity index (χ0n) is 24.8. The second-order valence-electron chi connectivity index (χ2n) is 9.11. The van der Waals surface area contributed by atoms with Gasteiger partial charge in [-0.2, -0.15) is 4.67 Å². The number of unbranched alkanes of at least 4 members (excludes halogenated alkanes) is 3. The minimum absolute atomic E-state index is 0.0848. The molecule has 0 radical (unpaired) electrons. The summed E-state index contributed by atoms with van der Waals surface area (Å²) < 4.78 is 25.9. The molecule has 0 aliphatic carbocycles. The van der Waals surface area contributed by atoms with Crippen LogP contribution in [-0.4, -0.2) is 94.4 Å². The maximum atomic E-state index is 11.6.